The molecule has 0 saturated carbocycles. The van der Waals surface area contributed by atoms with Crippen LogP contribution in [0.2, 0.25) is 0 Å². The molecule has 0 N–H and O–H groups in total. The maximum Gasteiger partial charge on any atom is 0.502 e. The summed E-state index contributed by atoms with van der Waals surface area (Å²) in [4.78, 5) is 13.8. The lowest BCUT2D eigenvalue weighted by atomic mass is 9.91. The second-order valence-corrected chi connectivity index (χ2v) is 2.62. The van der Waals surface area contributed by atoms with Crippen molar-refractivity contribution in [1.29, 1.82) is 0 Å². The average Bonchev–Trinajstić information content (AvgIpc) is 2.14. The fraction of sp³-hybridized carbons (Fsp3) is 0. The first kappa shape index (κ1) is 10.5. The van der Waals surface area contributed by atoms with Crippen LogP contribution in [0.15, 0.2) is 24.3 Å². The van der Waals surface area contributed by atoms with Gasteiger partial charge >= 0.3 is 6.98 Å². The van der Waals surface area contributed by atoms with Crippen molar-refractivity contribution >= 4 is 19.3 Å². The summed E-state index contributed by atoms with van der Waals surface area (Å²) in [6.07, 6.45) is 2.67. The SMILES string of the molecule is O=Cc1ccc(/C=C/[B-](F)(F)F)nc1. The minimum atomic E-state index is -4.93. The average molecular weight is 200 g/mol. The van der Waals surface area contributed by atoms with Crippen LogP contribution in [0, 0.1) is 0 Å². The zero-order chi connectivity index (χ0) is 10.6. The fourth-order valence-corrected chi connectivity index (χ4v) is 0.793. The van der Waals surface area contributed by atoms with Crippen LogP contribution in [-0.4, -0.2) is 18.2 Å². The first-order valence-corrected chi connectivity index (χ1v) is 3.82. The molecule has 0 radical (unpaired) electrons. The Bertz CT molecular complexity index is 345. The van der Waals surface area contributed by atoms with Crippen molar-refractivity contribution in [2.24, 2.45) is 0 Å². The highest BCUT2D eigenvalue weighted by Gasteiger charge is 2.16. The largest absolute Gasteiger partial charge is 0.502 e. The number of aldehydes is 1. The Hall–Kier alpha value is -1.59. The van der Waals surface area contributed by atoms with Crippen LogP contribution in [-0.2, 0) is 0 Å². The molecule has 0 unspecified atom stereocenters. The van der Waals surface area contributed by atoms with E-state index in [-0.39, 0.29) is 11.7 Å². The van der Waals surface area contributed by atoms with E-state index >= 15 is 0 Å². The molecule has 0 aliphatic carbocycles. The second kappa shape index (κ2) is 4.08. The van der Waals surface area contributed by atoms with Crippen molar-refractivity contribution in [2.45, 2.75) is 0 Å². The smallest absolute Gasteiger partial charge is 0.445 e. The van der Waals surface area contributed by atoms with E-state index in [1.807, 2.05) is 0 Å². The van der Waals surface area contributed by atoms with E-state index in [0.29, 0.717) is 11.8 Å². The minimum absolute atomic E-state index is 0.156. The van der Waals surface area contributed by atoms with Gasteiger partial charge < -0.3 is 12.9 Å². The number of hydrogen-bond donors (Lipinski definition) is 0. The molecule has 74 valence electrons. The van der Waals surface area contributed by atoms with E-state index in [4.69, 9.17) is 0 Å². The molecule has 6 heteroatoms. The van der Waals surface area contributed by atoms with Crippen LogP contribution in [0.25, 0.3) is 6.08 Å². The van der Waals surface area contributed by atoms with Crippen LogP contribution in [0.1, 0.15) is 16.1 Å². The third kappa shape index (κ3) is 3.43. The van der Waals surface area contributed by atoms with Crippen LogP contribution in [0.3, 0.4) is 0 Å². The highest BCUT2D eigenvalue weighted by atomic mass is 19.4. The first-order chi connectivity index (χ1) is 6.51. The van der Waals surface area contributed by atoms with Gasteiger partial charge in [0.05, 0.1) is 5.69 Å². The third-order valence-corrected chi connectivity index (χ3v) is 1.43. The Morgan fingerprint density at radius 2 is 2.00 bits per heavy atom. The lowest BCUT2D eigenvalue weighted by molar-refractivity contribution is 0.112. The molecule has 0 amide bonds. The summed E-state index contributed by atoms with van der Waals surface area (Å²) >= 11 is 0. The van der Waals surface area contributed by atoms with Gasteiger partial charge in [0, 0.05) is 11.8 Å². The Morgan fingerprint density at radius 3 is 2.43 bits per heavy atom. The molecular formula is C8H6BF3NO-. The number of rotatable bonds is 3. The van der Waals surface area contributed by atoms with E-state index in [1.165, 1.54) is 18.3 Å². The van der Waals surface area contributed by atoms with Crippen LogP contribution in [0.4, 0.5) is 12.9 Å². The van der Waals surface area contributed by atoms with Gasteiger partial charge in [-0.3, -0.25) is 9.78 Å². The lowest BCUT2D eigenvalue weighted by Crippen LogP contribution is -2.09. The van der Waals surface area contributed by atoms with Gasteiger partial charge in [0.25, 0.3) is 0 Å². The lowest BCUT2D eigenvalue weighted by Gasteiger charge is -2.05. The summed E-state index contributed by atoms with van der Waals surface area (Å²) < 4.78 is 35.3. The number of hydrogen-bond acceptors (Lipinski definition) is 2. The van der Waals surface area contributed by atoms with Crippen LogP contribution >= 0.6 is 0 Å². The number of carbonyl (C=O) groups is 1. The molecule has 1 heterocycles. The number of pyridine rings is 1. The standard InChI is InChI=1S/C8H6BF3NO/c10-9(11,12)4-3-8-2-1-7(6-14)5-13-8/h1-6H/q-1/b4-3+. The zero-order valence-electron chi connectivity index (χ0n) is 7.03. The van der Waals surface area contributed by atoms with Gasteiger partial charge in [-0.05, 0) is 12.1 Å². The van der Waals surface area contributed by atoms with E-state index in [0.717, 1.165) is 6.08 Å². The normalized spacial score (nSPS) is 11.9. The maximum absolute atomic E-state index is 11.8. The highest BCUT2D eigenvalue weighted by molar-refractivity contribution is 6.64. The molecule has 0 saturated heterocycles. The molecule has 1 aromatic rings. The van der Waals surface area contributed by atoms with Gasteiger partial charge in [-0.25, -0.2) is 0 Å². The van der Waals surface area contributed by atoms with Crippen LogP contribution in [0.5, 0.6) is 0 Å². The van der Waals surface area contributed by atoms with Crippen molar-refractivity contribution in [3.8, 4) is 0 Å². The van der Waals surface area contributed by atoms with Gasteiger partial charge in [0.15, 0.2) is 6.29 Å². The van der Waals surface area contributed by atoms with Gasteiger partial charge in [0.2, 0.25) is 0 Å². The quantitative estimate of drug-likeness (QED) is 0.553. The maximum atomic E-state index is 11.8. The molecule has 2 nitrogen and oxygen atoms in total. The fourth-order valence-electron chi connectivity index (χ4n) is 0.793. The molecule has 0 atom stereocenters. The zero-order valence-corrected chi connectivity index (χ0v) is 7.03. The first-order valence-electron chi connectivity index (χ1n) is 3.82. The summed E-state index contributed by atoms with van der Waals surface area (Å²) in [6, 6.07) is 2.76. The molecule has 0 aliphatic heterocycles. The van der Waals surface area contributed by atoms with Gasteiger partial charge in [-0.1, -0.05) is 6.08 Å². The predicted molar refractivity (Wildman–Crippen MR) is 47.7 cm³/mol. The minimum Gasteiger partial charge on any atom is -0.445 e. The van der Waals surface area contributed by atoms with E-state index < -0.39 is 6.98 Å². The van der Waals surface area contributed by atoms with Crippen molar-refractivity contribution in [3.05, 3.63) is 35.6 Å². The Morgan fingerprint density at radius 1 is 1.29 bits per heavy atom. The predicted octanol–water partition coefficient (Wildman–Crippen LogP) is 2.29. The molecule has 0 aliphatic rings. The molecule has 0 bridgehead atoms. The van der Waals surface area contributed by atoms with E-state index in [1.54, 1.807) is 0 Å². The molecule has 1 aromatic heterocycles. The van der Waals surface area contributed by atoms with Crippen molar-refractivity contribution in [1.82, 2.24) is 4.98 Å². The summed E-state index contributed by atoms with van der Waals surface area (Å²) in [5, 5.41) is 0. The van der Waals surface area contributed by atoms with Crippen molar-refractivity contribution in [3.63, 3.8) is 0 Å². The number of halogens is 3. The molecule has 0 aromatic carbocycles. The number of nitrogens with zero attached hydrogens (tertiary/aromatic N) is 1. The second-order valence-electron chi connectivity index (χ2n) is 2.62. The van der Waals surface area contributed by atoms with Gasteiger partial charge in [-0.15, -0.1) is 5.98 Å². The summed E-state index contributed by atoms with van der Waals surface area (Å²) in [5.74, 6) is 0.156. The topological polar surface area (TPSA) is 30.0 Å². The summed E-state index contributed by atoms with van der Waals surface area (Å²) in [6.45, 7) is -4.93. The van der Waals surface area contributed by atoms with Gasteiger partial charge in [0.1, 0.15) is 0 Å². The molecule has 0 fully saturated rings. The summed E-state index contributed by atoms with van der Waals surface area (Å²) in [7, 11) is 0. The van der Waals surface area contributed by atoms with Crippen molar-refractivity contribution < 1.29 is 17.7 Å². The molecule has 1 rings (SSSR count). The van der Waals surface area contributed by atoms with Gasteiger partial charge in [-0.2, -0.15) is 0 Å². The molecular weight excluding hydrogens is 194 g/mol. The van der Waals surface area contributed by atoms with E-state index in [2.05, 4.69) is 4.98 Å². The Balaban J connectivity index is 2.78. The Labute approximate surface area is 78.5 Å². The van der Waals surface area contributed by atoms with E-state index in [9.17, 15) is 17.7 Å². The van der Waals surface area contributed by atoms with Crippen molar-refractivity contribution in [2.75, 3.05) is 0 Å². The third-order valence-electron chi connectivity index (χ3n) is 1.43. The number of carbonyl (C=O) groups excluding carboxylic acids is 1. The summed E-state index contributed by atoms with van der Waals surface area (Å²) in [5.41, 5.74) is 0.509. The highest BCUT2D eigenvalue weighted by Crippen LogP contribution is 2.11. The molecule has 14 heavy (non-hydrogen) atoms. The molecule has 0 spiro atoms. The van der Waals surface area contributed by atoms with Crippen LogP contribution < -0.4 is 0 Å². The Kier molecular flexibility index (Phi) is 3.06. The monoisotopic (exact) mass is 200 g/mol. The number of aromatic nitrogens is 1.